The predicted molar refractivity (Wildman–Crippen MR) is 138 cm³/mol. The lowest BCUT2D eigenvalue weighted by Gasteiger charge is -2.31. The number of hydrogen-bond donors (Lipinski definition) is 3. The number of carbonyl (C=O) groups is 3. The van der Waals surface area contributed by atoms with Gasteiger partial charge in [0.05, 0.1) is 6.04 Å². The molecule has 8 heteroatoms. The molecule has 0 bridgehead atoms. The molecule has 4 rings (SSSR count). The van der Waals surface area contributed by atoms with Crippen LogP contribution in [-0.4, -0.2) is 44.9 Å². The van der Waals surface area contributed by atoms with E-state index in [1.165, 1.54) is 29.8 Å². The van der Waals surface area contributed by atoms with Gasteiger partial charge in [0, 0.05) is 49.8 Å². The Bertz CT molecular complexity index is 1220. The number of amides is 3. The molecular formula is C27H29N5O3. The number of para-hydroxylation sites is 1. The van der Waals surface area contributed by atoms with Gasteiger partial charge in [0.15, 0.2) is 0 Å². The number of benzene rings is 3. The van der Waals surface area contributed by atoms with Crippen LogP contribution < -0.4 is 26.2 Å². The van der Waals surface area contributed by atoms with Gasteiger partial charge in [-0.1, -0.05) is 30.3 Å². The molecule has 1 atom stereocenters. The fourth-order valence-electron chi connectivity index (χ4n) is 4.27. The molecule has 0 saturated heterocycles. The Morgan fingerprint density at radius 1 is 0.943 bits per heavy atom. The van der Waals surface area contributed by atoms with Crippen LogP contribution in [0.2, 0.25) is 0 Å². The van der Waals surface area contributed by atoms with Gasteiger partial charge in [-0.15, -0.1) is 0 Å². The van der Waals surface area contributed by atoms with Gasteiger partial charge < -0.3 is 26.2 Å². The van der Waals surface area contributed by atoms with Gasteiger partial charge in [0.1, 0.15) is 0 Å². The molecule has 1 aliphatic heterocycles. The molecule has 3 amide bonds. The summed E-state index contributed by atoms with van der Waals surface area (Å²) in [6.07, 6.45) is 0.929. The zero-order valence-corrected chi connectivity index (χ0v) is 19.8. The minimum absolute atomic E-state index is 0.138. The summed E-state index contributed by atoms with van der Waals surface area (Å²) in [5.41, 5.74) is 10.5. The smallest absolute Gasteiger partial charge is 0.313 e. The van der Waals surface area contributed by atoms with Crippen LogP contribution >= 0.6 is 0 Å². The van der Waals surface area contributed by atoms with Crippen LogP contribution in [0, 0.1) is 0 Å². The maximum absolute atomic E-state index is 12.6. The Balaban J connectivity index is 1.48. The molecule has 3 aromatic carbocycles. The van der Waals surface area contributed by atoms with E-state index in [1.807, 2.05) is 31.1 Å². The largest absolute Gasteiger partial charge is 0.378 e. The first-order valence-corrected chi connectivity index (χ1v) is 11.4. The summed E-state index contributed by atoms with van der Waals surface area (Å²) < 4.78 is 0. The third kappa shape index (κ3) is 5.43. The quantitative estimate of drug-likeness (QED) is 0.459. The van der Waals surface area contributed by atoms with Crippen molar-refractivity contribution in [3.8, 4) is 0 Å². The number of carbonyl (C=O) groups excluding carboxylic acids is 3. The molecule has 3 aromatic rings. The van der Waals surface area contributed by atoms with E-state index in [2.05, 4.69) is 51.9 Å². The molecular weight excluding hydrogens is 442 g/mol. The lowest BCUT2D eigenvalue weighted by molar-refractivity contribution is -0.136. The highest BCUT2D eigenvalue weighted by Crippen LogP contribution is 2.35. The highest BCUT2D eigenvalue weighted by Gasteiger charge is 2.28. The zero-order valence-electron chi connectivity index (χ0n) is 19.8. The number of fused-ring (bicyclic) bond motifs is 1. The lowest BCUT2D eigenvalue weighted by Crippen LogP contribution is -2.41. The number of rotatable bonds is 7. The van der Waals surface area contributed by atoms with Crippen LogP contribution in [0.3, 0.4) is 0 Å². The summed E-state index contributed by atoms with van der Waals surface area (Å²) in [6.45, 7) is 1.09. The predicted octanol–water partition coefficient (Wildman–Crippen LogP) is 2.71. The van der Waals surface area contributed by atoms with Gasteiger partial charge in [-0.3, -0.25) is 14.4 Å². The SMILES string of the molecule is CN(C)c1ccc(C(CNC(=O)C(=O)Nc2ccc(C(N)=O)cc2)N2CCc3ccccc32)cc1. The van der Waals surface area contributed by atoms with Crippen LogP contribution in [0.15, 0.2) is 72.8 Å². The maximum Gasteiger partial charge on any atom is 0.313 e. The first-order chi connectivity index (χ1) is 16.8. The normalized spacial score (nSPS) is 13.0. The van der Waals surface area contributed by atoms with Crippen LogP contribution in [0.5, 0.6) is 0 Å². The van der Waals surface area contributed by atoms with E-state index in [-0.39, 0.29) is 12.6 Å². The molecule has 8 nitrogen and oxygen atoms in total. The number of anilines is 3. The third-order valence-corrected chi connectivity index (χ3v) is 6.18. The highest BCUT2D eigenvalue weighted by molar-refractivity contribution is 6.39. The Kier molecular flexibility index (Phi) is 7.01. The Morgan fingerprint density at radius 2 is 1.63 bits per heavy atom. The Labute approximate surface area is 204 Å². The average Bonchev–Trinajstić information content (AvgIpc) is 3.28. The molecule has 0 saturated carbocycles. The van der Waals surface area contributed by atoms with E-state index in [4.69, 9.17) is 5.73 Å². The second-order valence-electron chi connectivity index (χ2n) is 8.68. The summed E-state index contributed by atoms with van der Waals surface area (Å²) in [7, 11) is 3.98. The molecule has 0 spiro atoms. The third-order valence-electron chi connectivity index (χ3n) is 6.18. The van der Waals surface area contributed by atoms with Crippen molar-refractivity contribution in [3.05, 3.63) is 89.5 Å². The minimum Gasteiger partial charge on any atom is -0.378 e. The first-order valence-electron chi connectivity index (χ1n) is 11.4. The molecule has 35 heavy (non-hydrogen) atoms. The molecule has 0 radical (unpaired) electrons. The van der Waals surface area contributed by atoms with Crippen LogP contribution in [0.25, 0.3) is 0 Å². The summed E-state index contributed by atoms with van der Waals surface area (Å²) in [4.78, 5) is 40.6. The molecule has 0 aromatic heterocycles. The van der Waals surface area contributed by atoms with Gasteiger partial charge in [-0.2, -0.15) is 0 Å². The van der Waals surface area contributed by atoms with E-state index in [0.29, 0.717) is 11.3 Å². The second-order valence-corrected chi connectivity index (χ2v) is 8.68. The Hall–Kier alpha value is -4.33. The van der Waals surface area contributed by atoms with Gasteiger partial charge >= 0.3 is 11.8 Å². The van der Waals surface area contributed by atoms with Crippen molar-refractivity contribution in [1.82, 2.24) is 5.32 Å². The van der Waals surface area contributed by atoms with Gasteiger partial charge in [0.2, 0.25) is 5.91 Å². The highest BCUT2D eigenvalue weighted by atomic mass is 16.2. The molecule has 1 unspecified atom stereocenters. The van der Waals surface area contributed by atoms with Gasteiger partial charge in [-0.05, 0) is 60.0 Å². The number of hydrogen-bond acceptors (Lipinski definition) is 5. The topological polar surface area (TPSA) is 108 Å². The molecule has 4 N–H and O–H groups in total. The van der Waals surface area contributed by atoms with Crippen molar-refractivity contribution in [2.45, 2.75) is 12.5 Å². The Morgan fingerprint density at radius 3 is 2.29 bits per heavy atom. The zero-order chi connectivity index (χ0) is 24.9. The summed E-state index contributed by atoms with van der Waals surface area (Å²) in [5.74, 6) is -2.07. The minimum atomic E-state index is -0.777. The maximum atomic E-state index is 12.6. The van der Waals surface area contributed by atoms with E-state index < -0.39 is 17.7 Å². The van der Waals surface area contributed by atoms with Crippen molar-refractivity contribution < 1.29 is 14.4 Å². The molecule has 0 aliphatic carbocycles. The summed E-state index contributed by atoms with van der Waals surface area (Å²) in [6, 6.07) is 22.4. The van der Waals surface area contributed by atoms with E-state index in [9.17, 15) is 14.4 Å². The standard InChI is InChI=1S/C27H29N5O3/c1-31(2)22-13-9-19(10-14-22)24(32-16-15-18-5-3-4-6-23(18)32)17-29-26(34)27(35)30-21-11-7-20(8-12-21)25(28)33/h3-14,24H,15-17H2,1-2H3,(H2,28,33)(H,29,34)(H,30,35). The molecule has 0 fully saturated rings. The van der Waals surface area contributed by atoms with Crippen LogP contribution in [0.4, 0.5) is 17.1 Å². The summed E-state index contributed by atoms with van der Waals surface area (Å²) >= 11 is 0. The molecule has 1 heterocycles. The van der Waals surface area contributed by atoms with Crippen molar-refractivity contribution in [1.29, 1.82) is 0 Å². The lowest BCUT2D eigenvalue weighted by atomic mass is 10.0. The number of nitrogens with two attached hydrogens (primary N) is 1. The second kappa shape index (κ2) is 10.3. The average molecular weight is 472 g/mol. The van der Waals surface area contributed by atoms with E-state index >= 15 is 0 Å². The van der Waals surface area contributed by atoms with E-state index in [1.54, 1.807) is 0 Å². The molecule has 1 aliphatic rings. The number of nitrogens with one attached hydrogen (secondary N) is 2. The van der Waals surface area contributed by atoms with E-state index in [0.717, 1.165) is 29.9 Å². The monoisotopic (exact) mass is 471 g/mol. The van der Waals surface area contributed by atoms with Crippen molar-refractivity contribution >= 4 is 34.8 Å². The summed E-state index contributed by atoms with van der Waals surface area (Å²) in [5, 5.41) is 5.35. The number of primary amides is 1. The van der Waals surface area contributed by atoms with Crippen LogP contribution in [0.1, 0.15) is 27.5 Å². The van der Waals surface area contributed by atoms with Crippen LogP contribution in [-0.2, 0) is 16.0 Å². The fourth-order valence-corrected chi connectivity index (χ4v) is 4.27. The first kappa shape index (κ1) is 23.8. The van der Waals surface area contributed by atoms with Crippen molar-refractivity contribution in [2.75, 3.05) is 42.3 Å². The van der Waals surface area contributed by atoms with Gasteiger partial charge in [0.25, 0.3) is 0 Å². The number of nitrogens with zero attached hydrogens (tertiary/aromatic N) is 2. The van der Waals surface area contributed by atoms with Crippen molar-refractivity contribution in [2.24, 2.45) is 5.73 Å². The fraction of sp³-hybridized carbons (Fsp3) is 0.222. The van der Waals surface area contributed by atoms with Crippen molar-refractivity contribution in [3.63, 3.8) is 0 Å². The van der Waals surface area contributed by atoms with Gasteiger partial charge in [-0.25, -0.2) is 0 Å². The molecule has 180 valence electrons.